The average molecular weight is 589 g/mol. The summed E-state index contributed by atoms with van der Waals surface area (Å²) in [4.78, 5) is 41.2. The second kappa shape index (κ2) is 11.8. The lowest BCUT2D eigenvalue weighted by atomic mass is 9.89. The lowest BCUT2D eigenvalue weighted by molar-refractivity contribution is -0.192. The van der Waals surface area contributed by atoms with E-state index in [1.54, 1.807) is 24.1 Å². The first-order valence-corrected chi connectivity index (χ1v) is 13.1. The van der Waals surface area contributed by atoms with Crippen LogP contribution in [0.25, 0.3) is 0 Å². The van der Waals surface area contributed by atoms with Gasteiger partial charge in [-0.05, 0) is 58.6 Å². The fourth-order valence-electron chi connectivity index (χ4n) is 5.34. The van der Waals surface area contributed by atoms with Crippen molar-refractivity contribution in [3.8, 4) is 5.75 Å². The smallest absolute Gasteiger partial charge is 0.487 e. The van der Waals surface area contributed by atoms with Crippen molar-refractivity contribution in [2.24, 2.45) is 22.6 Å². The Balaban J connectivity index is 0.000000587. The van der Waals surface area contributed by atoms with Crippen LogP contribution < -0.4 is 15.8 Å². The maximum absolute atomic E-state index is 14.7. The van der Waals surface area contributed by atoms with Crippen molar-refractivity contribution in [2.75, 3.05) is 13.7 Å². The minimum Gasteiger partial charge on any atom is -0.487 e. The number of hydrogen-bond donors (Lipinski definition) is 3. The maximum atomic E-state index is 14.7. The molecule has 0 spiro atoms. The monoisotopic (exact) mass is 588 g/mol. The first kappa shape index (κ1) is 32.1. The lowest BCUT2D eigenvalue weighted by Gasteiger charge is -2.38. The van der Waals surface area contributed by atoms with E-state index in [1.165, 1.54) is 6.07 Å². The van der Waals surface area contributed by atoms with Gasteiger partial charge in [-0.1, -0.05) is 6.07 Å². The van der Waals surface area contributed by atoms with Gasteiger partial charge in [0.15, 0.2) is 5.96 Å². The summed E-state index contributed by atoms with van der Waals surface area (Å²) in [5, 5.41) is 10.2. The molecule has 4 rings (SSSR count). The summed E-state index contributed by atoms with van der Waals surface area (Å²) in [5.74, 6) is -3.10. The molecular formula is C27H36F4N4O6. The molecule has 14 heteroatoms. The highest BCUT2D eigenvalue weighted by molar-refractivity contribution is 5.99. The quantitative estimate of drug-likeness (QED) is 0.414. The van der Waals surface area contributed by atoms with Crippen molar-refractivity contribution < 1.29 is 46.5 Å². The van der Waals surface area contributed by atoms with Crippen LogP contribution in [-0.2, 0) is 19.1 Å². The van der Waals surface area contributed by atoms with Gasteiger partial charge in [-0.25, -0.2) is 14.2 Å². The van der Waals surface area contributed by atoms with E-state index in [-0.39, 0.29) is 42.1 Å². The first-order chi connectivity index (χ1) is 18.9. The Labute approximate surface area is 235 Å². The van der Waals surface area contributed by atoms with Gasteiger partial charge in [0.2, 0.25) is 11.8 Å². The fourth-order valence-corrected chi connectivity index (χ4v) is 5.34. The van der Waals surface area contributed by atoms with E-state index < -0.39 is 35.1 Å². The maximum Gasteiger partial charge on any atom is 0.490 e. The van der Waals surface area contributed by atoms with E-state index in [2.05, 4.69) is 10.3 Å². The number of alkyl halides is 3. The van der Waals surface area contributed by atoms with E-state index in [9.17, 15) is 27.2 Å². The van der Waals surface area contributed by atoms with Crippen molar-refractivity contribution in [1.29, 1.82) is 0 Å². The van der Waals surface area contributed by atoms with Crippen molar-refractivity contribution in [3.63, 3.8) is 0 Å². The number of nitrogens with two attached hydrogens (primary N) is 1. The van der Waals surface area contributed by atoms with Gasteiger partial charge in [0, 0.05) is 32.1 Å². The minimum absolute atomic E-state index is 0.0676. The van der Waals surface area contributed by atoms with Gasteiger partial charge in [-0.2, -0.15) is 13.2 Å². The number of guanidine groups is 1. The summed E-state index contributed by atoms with van der Waals surface area (Å²) < 4.78 is 57.6. The van der Waals surface area contributed by atoms with Gasteiger partial charge in [0.25, 0.3) is 0 Å². The topological polar surface area (TPSA) is 144 Å². The van der Waals surface area contributed by atoms with Crippen molar-refractivity contribution >= 4 is 23.7 Å². The number of carboxylic acids is 1. The number of benzene rings is 1. The summed E-state index contributed by atoms with van der Waals surface area (Å²) in [7, 11) is 1.60. The number of hydrogen-bond acceptors (Lipinski definition) is 7. The molecule has 1 fully saturated rings. The van der Waals surface area contributed by atoms with Crippen LogP contribution in [0.1, 0.15) is 65.0 Å². The molecule has 2 heterocycles. The molecule has 1 saturated carbocycles. The molecule has 1 aromatic carbocycles. The number of fused-ring (bicyclic) bond motifs is 1. The number of ether oxygens (including phenoxy) is 2. The number of halogens is 4. The van der Waals surface area contributed by atoms with E-state index in [1.807, 2.05) is 27.7 Å². The molecule has 1 unspecified atom stereocenters. The minimum atomic E-state index is -5.08. The molecule has 228 valence electrons. The van der Waals surface area contributed by atoms with E-state index in [0.29, 0.717) is 37.2 Å². The molecule has 4 atom stereocenters. The first-order valence-electron chi connectivity index (χ1n) is 13.1. The number of carbonyl (C=O) groups is 3. The Kier molecular flexibility index (Phi) is 9.26. The fraction of sp³-hybridized carbons (Fsp3) is 0.630. The molecule has 1 aromatic rings. The van der Waals surface area contributed by atoms with Crippen LogP contribution in [0, 0.1) is 17.7 Å². The Bertz CT molecular complexity index is 1200. The number of carbonyl (C=O) groups excluding carboxylic acids is 2. The number of nitrogens with zero attached hydrogens (tertiary/aromatic N) is 2. The standard InChI is InChI=1S/C25H35FN4O4.C2HF3O2/c1-24(2)13-20(31)30(23(27)29-24)18(9-10-33-5)14-11-15(14)22(32)28-17-12-25(3,4)34-19-8-6-7-16(26)21(17)19;3-2(4,5)1(6)7/h6-8,14-15,17-18H,9-13H2,1-5H3,(H2,27,29)(H,28,32);(H,6,7)/t14-,15-,17?,18+;/m1./s1. The summed E-state index contributed by atoms with van der Waals surface area (Å²) in [5.41, 5.74) is 5.51. The van der Waals surface area contributed by atoms with Gasteiger partial charge in [-0.15, -0.1) is 0 Å². The summed E-state index contributed by atoms with van der Waals surface area (Å²) >= 11 is 0. The second-order valence-corrected chi connectivity index (χ2v) is 11.7. The molecule has 2 amide bonds. The predicted molar refractivity (Wildman–Crippen MR) is 139 cm³/mol. The number of nitrogens with one attached hydrogen (secondary N) is 1. The van der Waals surface area contributed by atoms with Crippen molar-refractivity contribution in [3.05, 3.63) is 29.6 Å². The van der Waals surface area contributed by atoms with Gasteiger partial charge in [0.1, 0.15) is 17.2 Å². The molecule has 41 heavy (non-hydrogen) atoms. The zero-order valence-corrected chi connectivity index (χ0v) is 23.5. The number of rotatable bonds is 7. The largest absolute Gasteiger partial charge is 0.490 e. The van der Waals surface area contributed by atoms with Crippen LogP contribution in [0.3, 0.4) is 0 Å². The van der Waals surface area contributed by atoms with Crippen LogP contribution in [0.4, 0.5) is 17.6 Å². The van der Waals surface area contributed by atoms with Crippen LogP contribution >= 0.6 is 0 Å². The summed E-state index contributed by atoms with van der Waals surface area (Å²) in [6.07, 6.45) is -3.20. The zero-order valence-electron chi connectivity index (χ0n) is 23.5. The Hall–Kier alpha value is -3.42. The third-order valence-corrected chi connectivity index (χ3v) is 7.14. The highest BCUT2D eigenvalue weighted by atomic mass is 19.4. The molecule has 0 radical (unpaired) electrons. The Morgan fingerprint density at radius 1 is 1.29 bits per heavy atom. The number of amides is 2. The van der Waals surface area contributed by atoms with Gasteiger partial charge in [0.05, 0.1) is 23.6 Å². The van der Waals surface area contributed by atoms with E-state index >= 15 is 0 Å². The van der Waals surface area contributed by atoms with Crippen LogP contribution in [0.5, 0.6) is 5.75 Å². The molecule has 3 aliphatic rings. The van der Waals surface area contributed by atoms with Crippen LogP contribution in [-0.4, -0.2) is 70.8 Å². The number of aliphatic carboxylic acids is 1. The SMILES string of the molecule is COCC[C@@H]([C@@H]1C[C@H]1C(=O)NC1CC(C)(C)Oc2cccc(F)c21)N1C(=O)CC(C)(C)N=C1N.O=C(O)C(F)(F)F. The van der Waals surface area contributed by atoms with Crippen molar-refractivity contribution in [1.82, 2.24) is 10.2 Å². The highest BCUT2D eigenvalue weighted by Crippen LogP contribution is 2.47. The van der Waals surface area contributed by atoms with Gasteiger partial charge in [-0.3, -0.25) is 14.5 Å². The summed E-state index contributed by atoms with van der Waals surface area (Å²) in [6, 6.07) is 3.94. The van der Waals surface area contributed by atoms with Crippen molar-refractivity contribution in [2.45, 2.75) is 82.8 Å². The number of aliphatic imine (C=N–C) groups is 1. The summed E-state index contributed by atoms with van der Waals surface area (Å²) in [6.45, 7) is 8.03. The second-order valence-electron chi connectivity index (χ2n) is 11.7. The third-order valence-electron chi connectivity index (χ3n) is 7.14. The van der Waals surface area contributed by atoms with E-state index in [0.717, 1.165) is 0 Å². The molecule has 10 nitrogen and oxygen atoms in total. The molecular weight excluding hydrogens is 552 g/mol. The van der Waals surface area contributed by atoms with Crippen LogP contribution in [0.2, 0.25) is 0 Å². The average Bonchev–Trinajstić information content (AvgIpc) is 3.59. The molecule has 1 aliphatic carbocycles. The normalized spacial score (nSPS) is 25.0. The lowest BCUT2D eigenvalue weighted by Crippen LogP contribution is -2.55. The molecule has 4 N–H and O–H groups in total. The Morgan fingerprint density at radius 3 is 2.49 bits per heavy atom. The number of carboxylic acid groups (broad SMARTS) is 1. The van der Waals surface area contributed by atoms with Gasteiger partial charge < -0.3 is 25.6 Å². The van der Waals surface area contributed by atoms with Gasteiger partial charge >= 0.3 is 12.1 Å². The molecule has 0 saturated heterocycles. The predicted octanol–water partition coefficient (Wildman–Crippen LogP) is 3.54. The number of methoxy groups -OCH3 is 1. The zero-order chi connectivity index (χ0) is 30.9. The van der Waals surface area contributed by atoms with E-state index in [4.69, 9.17) is 25.1 Å². The van der Waals surface area contributed by atoms with Crippen LogP contribution in [0.15, 0.2) is 23.2 Å². The highest BCUT2D eigenvalue weighted by Gasteiger charge is 2.52. The molecule has 0 aromatic heterocycles. The molecule has 2 aliphatic heterocycles. The Morgan fingerprint density at radius 2 is 1.93 bits per heavy atom. The third kappa shape index (κ3) is 7.86. The molecule has 0 bridgehead atoms.